The first-order valence-corrected chi connectivity index (χ1v) is 9.09. The van der Waals surface area contributed by atoms with Gasteiger partial charge < -0.3 is 9.85 Å². The summed E-state index contributed by atoms with van der Waals surface area (Å²) < 4.78 is 25.6. The normalized spacial score (nSPS) is 35.8. The van der Waals surface area contributed by atoms with Crippen LogP contribution in [0.2, 0.25) is 0 Å². The molecule has 2 fully saturated rings. The van der Waals surface area contributed by atoms with E-state index in [-0.39, 0.29) is 12.0 Å². The number of likely N-dealkylation sites (tertiary alicyclic amines) is 1. The number of sulfone groups is 1. The number of hydrogen-bond acceptors (Lipinski definition) is 3. The molecule has 1 saturated carbocycles. The molecule has 3 atom stereocenters. The summed E-state index contributed by atoms with van der Waals surface area (Å²) >= 11 is 0. The van der Waals surface area contributed by atoms with Crippen LogP contribution in [0, 0.1) is 11.1 Å². The average molecular weight is 309 g/mol. The van der Waals surface area contributed by atoms with E-state index in [1.54, 1.807) is 31.3 Å². The van der Waals surface area contributed by atoms with Crippen molar-refractivity contribution in [3.63, 3.8) is 0 Å². The van der Waals surface area contributed by atoms with Gasteiger partial charge in [0.05, 0.1) is 17.5 Å². The minimum Gasteiger partial charge on any atom is -0.632 e. The Hall–Kier alpha value is -0.910. The topological polar surface area (TPSA) is 57.2 Å². The Morgan fingerprint density at radius 1 is 1.19 bits per heavy atom. The lowest BCUT2D eigenvalue weighted by Gasteiger charge is -2.50. The molecule has 2 aliphatic rings. The van der Waals surface area contributed by atoms with Crippen LogP contribution in [0.25, 0.3) is 0 Å². The van der Waals surface area contributed by atoms with Gasteiger partial charge in [-0.1, -0.05) is 18.2 Å². The van der Waals surface area contributed by atoms with E-state index >= 15 is 0 Å². The van der Waals surface area contributed by atoms with E-state index in [4.69, 9.17) is 0 Å². The van der Waals surface area contributed by atoms with Crippen molar-refractivity contribution in [2.75, 3.05) is 7.05 Å². The average Bonchev–Trinajstić information content (AvgIpc) is 3.20. The highest BCUT2D eigenvalue weighted by Crippen LogP contribution is 2.52. The summed E-state index contributed by atoms with van der Waals surface area (Å²) in [6, 6.07) is 8.24. The lowest BCUT2D eigenvalue weighted by atomic mass is 10.0. The molecule has 0 amide bonds. The number of rotatable bonds is 3. The molecule has 1 heterocycles. The van der Waals surface area contributed by atoms with Crippen LogP contribution in [-0.2, 0) is 9.84 Å². The molecular formula is C16H23NO3S. The minimum absolute atomic E-state index is 0.262. The van der Waals surface area contributed by atoms with Gasteiger partial charge in [-0.2, -0.15) is 0 Å². The van der Waals surface area contributed by atoms with Crippen molar-refractivity contribution in [3.05, 3.63) is 35.5 Å². The van der Waals surface area contributed by atoms with E-state index in [1.807, 2.05) is 19.9 Å². The summed E-state index contributed by atoms with van der Waals surface area (Å²) in [4.78, 5) is 0.346. The third-order valence-corrected chi connectivity index (χ3v) is 7.60. The molecule has 5 heteroatoms. The van der Waals surface area contributed by atoms with Crippen LogP contribution in [-0.4, -0.2) is 36.9 Å². The summed E-state index contributed by atoms with van der Waals surface area (Å²) in [6.45, 7) is 3.80. The van der Waals surface area contributed by atoms with Gasteiger partial charge in [0.1, 0.15) is 11.3 Å². The highest BCUT2D eigenvalue weighted by molar-refractivity contribution is 7.92. The maximum absolute atomic E-state index is 13.1. The van der Waals surface area contributed by atoms with Gasteiger partial charge in [-0.05, 0) is 38.8 Å². The first-order valence-electron chi connectivity index (χ1n) is 7.54. The van der Waals surface area contributed by atoms with Crippen LogP contribution in [0.4, 0.5) is 0 Å². The van der Waals surface area contributed by atoms with Crippen molar-refractivity contribution in [1.82, 2.24) is 0 Å². The number of nitrogens with zero attached hydrogens (tertiary/aromatic N) is 1. The predicted molar refractivity (Wildman–Crippen MR) is 82.2 cm³/mol. The van der Waals surface area contributed by atoms with Crippen LogP contribution >= 0.6 is 0 Å². The van der Waals surface area contributed by atoms with E-state index < -0.39 is 25.3 Å². The molecule has 0 aromatic heterocycles. The Labute approximate surface area is 126 Å². The van der Waals surface area contributed by atoms with Gasteiger partial charge in [0.15, 0.2) is 9.84 Å². The van der Waals surface area contributed by atoms with Crippen molar-refractivity contribution in [2.45, 2.75) is 54.8 Å². The molecule has 1 aromatic rings. The maximum atomic E-state index is 13.1. The first kappa shape index (κ1) is 15.0. The van der Waals surface area contributed by atoms with E-state index in [1.165, 1.54) is 0 Å². The third-order valence-electron chi connectivity index (χ3n) is 5.43. The Bertz CT molecular complexity index is 633. The van der Waals surface area contributed by atoms with Gasteiger partial charge in [0, 0.05) is 12.3 Å². The van der Waals surface area contributed by atoms with Gasteiger partial charge in [-0.3, -0.25) is 0 Å². The van der Waals surface area contributed by atoms with E-state index in [9.17, 15) is 13.6 Å². The van der Waals surface area contributed by atoms with E-state index in [2.05, 4.69) is 0 Å². The van der Waals surface area contributed by atoms with Crippen LogP contribution in [0.1, 0.15) is 33.1 Å². The third kappa shape index (κ3) is 2.22. The lowest BCUT2D eigenvalue weighted by molar-refractivity contribution is -0.920. The van der Waals surface area contributed by atoms with Crippen LogP contribution in [0.15, 0.2) is 35.2 Å². The zero-order chi connectivity index (χ0) is 15.5. The predicted octanol–water partition coefficient (Wildman–Crippen LogP) is 2.73. The molecular weight excluding hydrogens is 286 g/mol. The number of hydrogen-bond donors (Lipinski definition) is 0. The highest BCUT2D eigenvalue weighted by atomic mass is 32.2. The molecule has 116 valence electrons. The molecule has 3 rings (SSSR count). The molecule has 4 nitrogen and oxygen atoms in total. The van der Waals surface area contributed by atoms with Crippen molar-refractivity contribution in [1.29, 1.82) is 0 Å². The standard InChI is InChI=1S/C16H23NO3S/c1-16(2)11-14(15(12-9-10-12)17(16,3)18)21(19,20)13-7-5-4-6-8-13/h4-8,12,14-15H,9-11H2,1-3H3/t14-,15-,17+/m0/s1. The second-order valence-electron chi connectivity index (χ2n) is 7.23. The first-order chi connectivity index (χ1) is 9.68. The lowest BCUT2D eigenvalue weighted by Crippen LogP contribution is -2.56. The monoisotopic (exact) mass is 309 g/mol. The van der Waals surface area contributed by atoms with Gasteiger partial charge in [-0.15, -0.1) is 0 Å². The second kappa shape index (κ2) is 4.54. The van der Waals surface area contributed by atoms with Crippen molar-refractivity contribution in [3.8, 4) is 0 Å². The second-order valence-corrected chi connectivity index (χ2v) is 9.40. The van der Waals surface area contributed by atoms with Crippen molar-refractivity contribution < 1.29 is 13.1 Å². The smallest absolute Gasteiger partial charge is 0.187 e. The van der Waals surface area contributed by atoms with Gasteiger partial charge in [0.25, 0.3) is 0 Å². The van der Waals surface area contributed by atoms with Gasteiger partial charge in [-0.25, -0.2) is 8.42 Å². The fraction of sp³-hybridized carbons (Fsp3) is 0.625. The molecule has 0 unspecified atom stereocenters. The zero-order valence-electron chi connectivity index (χ0n) is 12.8. The molecule has 0 radical (unpaired) electrons. The van der Waals surface area contributed by atoms with Crippen LogP contribution in [0.5, 0.6) is 0 Å². The van der Waals surface area contributed by atoms with E-state index in [0.29, 0.717) is 11.3 Å². The fourth-order valence-electron chi connectivity index (χ4n) is 3.74. The largest absolute Gasteiger partial charge is 0.632 e. The van der Waals surface area contributed by atoms with Crippen LogP contribution in [0.3, 0.4) is 0 Å². The summed E-state index contributed by atoms with van der Waals surface area (Å²) in [5.41, 5.74) is -0.556. The van der Waals surface area contributed by atoms with Crippen molar-refractivity contribution >= 4 is 9.84 Å². The molecule has 0 spiro atoms. The molecule has 1 aromatic carbocycles. The molecule has 0 N–H and O–H groups in total. The Morgan fingerprint density at radius 2 is 1.76 bits per heavy atom. The summed E-state index contributed by atoms with van der Waals surface area (Å²) in [5.74, 6) is 0.262. The Kier molecular flexibility index (Phi) is 3.24. The zero-order valence-corrected chi connectivity index (χ0v) is 13.6. The molecule has 21 heavy (non-hydrogen) atoms. The molecule has 1 saturated heterocycles. The highest BCUT2D eigenvalue weighted by Gasteiger charge is 2.61. The van der Waals surface area contributed by atoms with Crippen molar-refractivity contribution in [2.24, 2.45) is 5.92 Å². The number of benzene rings is 1. The fourth-order valence-corrected chi connectivity index (χ4v) is 6.07. The quantitative estimate of drug-likeness (QED) is 0.637. The van der Waals surface area contributed by atoms with Gasteiger partial charge >= 0.3 is 0 Å². The summed E-state index contributed by atoms with van der Waals surface area (Å²) in [5, 5.41) is 12.6. The maximum Gasteiger partial charge on any atom is 0.187 e. The van der Waals surface area contributed by atoms with E-state index in [0.717, 1.165) is 12.8 Å². The molecule has 1 aliphatic carbocycles. The van der Waals surface area contributed by atoms with Gasteiger partial charge in [0.2, 0.25) is 0 Å². The summed E-state index contributed by atoms with van der Waals surface area (Å²) in [7, 11) is -1.79. The van der Waals surface area contributed by atoms with Crippen LogP contribution < -0.4 is 0 Å². The number of hydroxylamine groups is 3. The Balaban J connectivity index is 2.05. The summed E-state index contributed by atoms with van der Waals surface area (Å²) in [6.07, 6.45) is 2.40. The molecule has 1 aliphatic heterocycles. The SMILES string of the molecule is CC1(C)C[C@H](S(=O)(=O)c2ccccc2)[C@H](C2CC2)[N@@+]1(C)[O-]. The molecule has 0 bridgehead atoms. The Morgan fingerprint density at radius 3 is 2.29 bits per heavy atom. The number of quaternary nitrogens is 1. The minimum atomic E-state index is -3.45.